The van der Waals surface area contributed by atoms with Gasteiger partial charge in [-0.25, -0.2) is 0 Å². The minimum Gasteiger partial charge on any atom is -0.352 e. The maximum absolute atomic E-state index is 12.3. The van der Waals surface area contributed by atoms with Crippen LogP contribution in [0.4, 0.5) is 10.8 Å². The van der Waals surface area contributed by atoms with Crippen LogP contribution in [0.15, 0.2) is 22.5 Å². The van der Waals surface area contributed by atoms with Crippen LogP contribution in [0.5, 0.6) is 0 Å². The van der Waals surface area contributed by atoms with Gasteiger partial charge in [-0.3, -0.25) is 4.79 Å². The fourth-order valence-corrected chi connectivity index (χ4v) is 4.80. The maximum Gasteiger partial charge on any atom is 0.233 e. The van der Waals surface area contributed by atoms with Crippen molar-refractivity contribution in [2.45, 2.75) is 55.2 Å². The van der Waals surface area contributed by atoms with Crippen molar-refractivity contribution in [2.75, 3.05) is 5.32 Å². The smallest absolute Gasteiger partial charge is 0.233 e. The van der Waals surface area contributed by atoms with Crippen molar-refractivity contribution in [1.29, 1.82) is 0 Å². The number of anilines is 2. The number of halogens is 1. The summed E-state index contributed by atoms with van der Waals surface area (Å²) in [7, 11) is 0. The van der Waals surface area contributed by atoms with Gasteiger partial charge in [0, 0.05) is 16.8 Å². The highest BCUT2D eigenvalue weighted by atomic mass is 35.5. The number of nitrogens with one attached hydrogen (secondary N) is 2. The number of aromatic nitrogens is 2. The molecule has 1 saturated carbocycles. The lowest BCUT2D eigenvalue weighted by molar-refractivity contribution is -0.120. The summed E-state index contributed by atoms with van der Waals surface area (Å²) in [5.74, 6) is 0.0759. The van der Waals surface area contributed by atoms with Gasteiger partial charge in [0.1, 0.15) is 0 Å². The van der Waals surface area contributed by atoms with Gasteiger partial charge in [-0.15, -0.1) is 10.2 Å². The van der Waals surface area contributed by atoms with Gasteiger partial charge in [-0.2, -0.15) is 0 Å². The molecule has 1 aromatic heterocycles. The van der Waals surface area contributed by atoms with Crippen LogP contribution in [-0.2, 0) is 4.79 Å². The van der Waals surface area contributed by atoms with Crippen molar-refractivity contribution in [3.05, 3.63) is 28.8 Å². The van der Waals surface area contributed by atoms with Crippen LogP contribution in [-0.4, -0.2) is 27.4 Å². The van der Waals surface area contributed by atoms with Gasteiger partial charge >= 0.3 is 0 Å². The fraction of sp³-hybridized carbons (Fsp3) is 0.471. The highest BCUT2D eigenvalue weighted by Gasteiger charge is 2.22. The van der Waals surface area contributed by atoms with Crippen molar-refractivity contribution in [3.8, 4) is 0 Å². The van der Waals surface area contributed by atoms with Crippen LogP contribution in [0.25, 0.3) is 0 Å². The summed E-state index contributed by atoms with van der Waals surface area (Å²) >= 11 is 9.01. The van der Waals surface area contributed by atoms with E-state index >= 15 is 0 Å². The van der Waals surface area contributed by atoms with Gasteiger partial charge < -0.3 is 10.6 Å². The molecule has 0 saturated heterocycles. The number of rotatable bonds is 6. The van der Waals surface area contributed by atoms with E-state index in [9.17, 15) is 4.79 Å². The number of aryl methyl sites for hydroxylation is 1. The van der Waals surface area contributed by atoms with Crippen LogP contribution in [0.2, 0.25) is 5.02 Å². The lowest BCUT2D eigenvalue weighted by Gasteiger charge is -2.15. The zero-order valence-electron chi connectivity index (χ0n) is 14.2. The largest absolute Gasteiger partial charge is 0.352 e. The van der Waals surface area contributed by atoms with Gasteiger partial charge in [-0.1, -0.05) is 53.6 Å². The Morgan fingerprint density at radius 2 is 2.12 bits per heavy atom. The molecule has 0 aliphatic heterocycles. The molecule has 2 aromatic rings. The third-order valence-corrected chi connectivity index (χ3v) is 6.61. The molecule has 1 amide bonds. The summed E-state index contributed by atoms with van der Waals surface area (Å²) in [6.45, 7) is 3.87. The normalized spacial score (nSPS) is 16.0. The number of nitrogens with zero attached hydrogens (tertiary/aromatic N) is 2. The molecule has 1 aliphatic carbocycles. The second-order valence-corrected chi connectivity index (χ2v) is 9.18. The summed E-state index contributed by atoms with van der Waals surface area (Å²) < 4.78 is 0.773. The van der Waals surface area contributed by atoms with Crippen LogP contribution in [0.3, 0.4) is 0 Å². The number of carbonyl (C=O) groups is 1. The molecule has 0 spiro atoms. The van der Waals surface area contributed by atoms with Crippen molar-refractivity contribution >= 4 is 51.4 Å². The highest BCUT2D eigenvalue weighted by Crippen LogP contribution is 2.31. The van der Waals surface area contributed by atoms with E-state index < -0.39 is 0 Å². The molecular formula is C17H21ClN4OS2. The highest BCUT2D eigenvalue weighted by molar-refractivity contribution is 8.02. The number of thioether (sulfide) groups is 1. The minimum absolute atomic E-state index is 0.0759. The van der Waals surface area contributed by atoms with Crippen LogP contribution in [0.1, 0.15) is 38.2 Å². The molecule has 1 aliphatic rings. The van der Waals surface area contributed by atoms with Crippen LogP contribution >= 0.6 is 34.7 Å². The van der Waals surface area contributed by atoms with E-state index in [1.54, 1.807) is 0 Å². The summed E-state index contributed by atoms with van der Waals surface area (Å²) in [4.78, 5) is 12.3. The first-order valence-corrected chi connectivity index (χ1v) is 10.4. The Balaban J connectivity index is 1.55. The number of benzene rings is 1. The Bertz CT molecular complexity index is 746. The lowest BCUT2D eigenvalue weighted by Crippen LogP contribution is -2.37. The molecule has 2 N–H and O–H groups in total. The van der Waals surface area contributed by atoms with E-state index in [0.29, 0.717) is 16.2 Å². The Labute approximate surface area is 161 Å². The molecule has 1 fully saturated rings. The van der Waals surface area contributed by atoms with Crippen LogP contribution in [0, 0.1) is 6.92 Å². The predicted octanol–water partition coefficient (Wildman–Crippen LogP) is 4.78. The van der Waals surface area contributed by atoms with E-state index in [-0.39, 0.29) is 11.2 Å². The second kappa shape index (κ2) is 8.38. The van der Waals surface area contributed by atoms with E-state index in [2.05, 4.69) is 20.8 Å². The molecule has 134 valence electrons. The van der Waals surface area contributed by atoms with E-state index in [4.69, 9.17) is 11.6 Å². The zero-order valence-corrected chi connectivity index (χ0v) is 16.6. The topological polar surface area (TPSA) is 66.9 Å². The maximum atomic E-state index is 12.3. The monoisotopic (exact) mass is 396 g/mol. The molecule has 3 rings (SSSR count). The number of hydrogen-bond donors (Lipinski definition) is 2. The summed E-state index contributed by atoms with van der Waals surface area (Å²) in [5, 5.41) is 15.8. The first-order valence-electron chi connectivity index (χ1n) is 8.35. The second-order valence-electron chi connectivity index (χ2n) is 6.21. The quantitative estimate of drug-likeness (QED) is 0.687. The van der Waals surface area contributed by atoms with Gasteiger partial charge in [0.05, 0.1) is 5.25 Å². The average molecular weight is 397 g/mol. The molecule has 5 nitrogen and oxygen atoms in total. The molecule has 25 heavy (non-hydrogen) atoms. The molecule has 8 heteroatoms. The third kappa shape index (κ3) is 5.09. The number of amides is 1. The fourth-order valence-electron chi connectivity index (χ4n) is 2.70. The van der Waals surface area contributed by atoms with Crippen LogP contribution < -0.4 is 10.6 Å². The van der Waals surface area contributed by atoms with Gasteiger partial charge in [-0.05, 0) is 44.4 Å². The molecule has 1 atom stereocenters. The van der Waals surface area contributed by atoms with Gasteiger partial charge in [0.25, 0.3) is 0 Å². The first kappa shape index (κ1) is 18.5. The molecule has 1 unspecified atom stereocenters. The summed E-state index contributed by atoms with van der Waals surface area (Å²) in [6, 6.07) is 6.11. The Morgan fingerprint density at radius 1 is 1.36 bits per heavy atom. The van der Waals surface area contributed by atoms with Crippen molar-refractivity contribution in [1.82, 2.24) is 15.5 Å². The Kier molecular flexibility index (Phi) is 6.19. The van der Waals surface area contributed by atoms with E-state index in [0.717, 1.165) is 28.4 Å². The Hall–Kier alpha value is -1.31. The minimum atomic E-state index is -0.185. The van der Waals surface area contributed by atoms with Gasteiger partial charge in [0.15, 0.2) is 4.34 Å². The Morgan fingerprint density at radius 3 is 2.84 bits per heavy atom. The zero-order chi connectivity index (χ0) is 17.8. The standard InChI is InChI=1S/C17H21ClN4OS2/c1-10-7-8-13(9-14(10)18)20-16-21-22-17(25-16)24-11(2)15(23)19-12-5-3-4-6-12/h7-9,11-12H,3-6H2,1-2H3,(H,19,23)(H,20,21). The average Bonchev–Trinajstić information content (AvgIpc) is 3.23. The molecule has 0 radical (unpaired) electrons. The lowest BCUT2D eigenvalue weighted by atomic mass is 10.2. The van der Waals surface area contributed by atoms with Crippen molar-refractivity contribution in [3.63, 3.8) is 0 Å². The first-order chi connectivity index (χ1) is 12.0. The molecular weight excluding hydrogens is 376 g/mol. The van der Waals surface area contributed by atoms with Crippen molar-refractivity contribution < 1.29 is 4.79 Å². The summed E-state index contributed by atoms with van der Waals surface area (Å²) in [6.07, 6.45) is 4.60. The predicted molar refractivity (Wildman–Crippen MR) is 105 cm³/mol. The SMILES string of the molecule is Cc1ccc(Nc2nnc(SC(C)C(=O)NC3CCCC3)s2)cc1Cl. The third-order valence-electron chi connectivity index (χ3n) is 4.18. The van der Waals surface area contributed by atoms with E-state index in [1.807, 2.05) is 32.0 Å². The molecule has 1 heterocycles. The molecule has 0 bridgehead atoms. The number of carbonyl (C=O) groups excluding carboxylic acids is 1. The van der Waals surface area contributed by atoms with Gasteiger partial charge in [0.2, 0.25) is 11.0 Å². The molecule has 1 aromatic carbocycles. The number of hydrogen-bond acceptors (Lipinski definition) is 6. The van der Waals surface area contributed by atoms with E-state index in [1.165, 1.54) is 35.9 Å². The van der Waals surface area contributed by atoms with Crippen molar-refractivity contribution in [2.24, 2.45) is 0 Å². The summed E-state index contributed by atoms with van der Waals surface area (Å²) in [5.41, 5.74) is 1.90.